The number of hydrogen-bond donors (Lipinski definition) is 0. The van der Waals surface area contributed by atoms with Gasteiger partial charge in [-0.1, -0.05) is 24.3 Å². The number of halogens is 1. The maximum atomic E-state index is 11.3. The van der Waals surface area contributed by atoms with E-state index in [-0.39, 0.29) is 0 Å². The van der Waals surface area contributed by atoms with E-state index in [1.807, 2.05) is 24.3 Å². The minimum atomic E-state index is -1.07. The summed E-state index contributed by atoms with van der Waals surface area (Å²) in [4.78, 5) is 0. The first-order valence-corrected chi connectivity index (χ1v) is 6.06. The van der Waals surface area contributed by atoms with Gasteiger partial charge in [-0.3, -0.25) is 0 Å². The monoisotopic (exact) mass is 226 g/mol. The molecule has 1 rings (SSSR count). The SMILES string of the molecule is CC#C[S+]([O-])Cc1ccc(CCl)cc1. The van der Waals surface area contributed by atoms with Crippen LogP contribution in [-0.4, -0.2) is 4.55 Å². The van der Waals surface area contributed by atoms with Gasteiger partial charge in [-0.25, -0.2) is 0 Å². The van der Waals surface area contributed by atoms with E-state index in [0.29, 0.717) is 11.6 Å². The van der Waals surface area contributed by atoms with Crippen LogP contribution in [0.5, 0.6) is 0 Å². The molecule has 0 saturated heterocycles. The van der Waals surface area contributed by atoms with Gasteiger partial charge in [-0.15, -0.1) is 11.6 Å². The molecular weight excluding hydrogens is 216 g/mol. The van der Waals surface area contributed by atoms with Crippen LogP contribution in [-0.2, 0) is 22.8 Å². The Hall–Kier alpha value is -0.620. The molecule has 0 bridgehead atoms. The Morgan fingerprint density at radius 2 is 1.86 bits per heavy atom. The van der Waals surface area contributed by atoms with Gasteiger partial charge in [0.15, 0.2) is 0 Å². The van der Waals surface area contributed by atoms with Crippen molar-refractivity contribution in [3.63, 3.8) is 0 Å². The molecular formula is C11H11ClOS. The third-order valence-corrected chi connectivity index (χ3v) is 3.03. The van der Waals surface area contributed by atoms with Crippen molar-refractivity contribution in [2.75, 3.05) is 0 Å². The van der Waals surface area contributed by atoms with Crippen molar-refractivity contribution in [3.05, 3.63) is 35.4 Å². The fraction of sp³-hybridized carbons (Fsp3) is 0.273. The third kappa shape index (κ3) is 3.63. The van der Waals surface area contributed by atoms with Crippen molar-refractivity contribution in [2.24, 2.45) is 0 Å². The van der Waals surface area contributed by atoms with Gasteiger partial charge >= 0.3 is 0 Å². The molecule has 0 amide bonds. The predicted molar refractivity (Wildman–Crippen MR) is 61.3 cm³/mol. The molecule has 0 N–H and O–H groups in total. The second-order valence-electron chi connectivity index (χ2n) is 2.79. The summed E-state index contributed by atoms with van der Waals surface area (Å²) < 4.78 is 11.3. The Kier molecular flexibility index (Phi) is 4.89. The van der Waals surface area contributed by atoms with Gasteiger partial charge < -0.3 is 4.55 Å². The smallest absolute Gasteiger partial charge is 0.150 e. The van der Waals surface area contributed by atoms with Crippen LogP contribution in [0.1, 0.15) is 18.1 Å². The Bertz CT molecular complexity index is 337. The molecule has 1 aromatic carbocycles. The number of benzene rings is 1. The normalized spacial score (nSPS) is 11.6. The maximum Gasteiger partial charge on any atom is 0.150 e. The minimum Gasteiger partial charge on any atom is -0.603 e. The standard InChI is InChI=1S/C11H11ClOS/c1-2-7-14(13)9-11-5-3-10(8-12)4-6-11/h3-6H,8-9H2,1H3. The minimum absolute atomic E-state index is 0.489. The maximum absolute atomic E-state index is 11.3. The van der Waals surface area contributed by atoms with Gasteiger partial charge in [-0.2, -0.15) is 0 Å². The van der Waals surface area contributed by atoms with Crippen molar-refractivity contribution in [3.8, 4) is 11.2 Å². The lowest BCUT2D eigenvalue weighted by Crippen LogP contribution is -2.00. The molecule has 74 valence electrons. The highest BCUT2D eigenvalue weighted by molar-refractivity contribution is 7.95. The van der Waals surface area contributed by atoms with E-state index in [9.17, 15) is 4.55 Å². The Labute approximate surface area is 92.7 Å². The van der Waals surface area contributed by atoms with Crippen LogP contribution < -0.4 is 0 Å². The van der Waals surface area contributed by atoms with Crippen LogP contribution in [0.15, 0.2) is 24.3 Å². The molecule has 1 atom stereocenters. The molecule has 0 fully saturated rings. The second kappa shape index (κ2) is 5.98. The molecule has 0 radical (unpaired) electrons. The first-order valence-electron chi connectivity index (χ1n) is 4.21. The Balaban J connectivity index is 2.62. The van der Waals surface area contributed by atoms with Crippen LogP contribution in [0.2, 0.25) is 0 Å². The van der Waals surface area contributed by atoms with Crippen molar-refractivity contribution >= 4 is 22.8 Å². The molecule has 1 aromatic rings. The largest absolute Gasteiger partial charge is 0.603 e. The fourth-order valence-electron chi connectivity index (χ4n) is 1.03. The molecule has 0 saturated carbocycles. The van der Waals surface area contributed by atoms with Gasteiger partial charge in [0.25, 0.3) is 0 Å². The summed E-state index contributed by atoms with van der Waals surface area (Å²) in [6.07, 6.45) is 0. The molecule has 0 spiro atoms. The first kappa shape index (κ1) is 11.5. The zero-order valence-electron chi connectivity index (χ0n) is 7.92. The summed E-state index contributed by atoms with van der Waals surface area (Å²) in [5, 5.41) is 2.62. The third-order valence-electron chi connectivity index (χ3n) is 1.69. The predicted octanol–water partition coefficient (Wildman–Crippen LogP) is 2.65. The lowest BCUT2D eigenvalue weighted by Gasteiger charge is -2.03. The van der Waals surface area contributed by atoms with Crippen LogP contribution in [0.3, 0.4) is 0 Å². The zero-order valence-corrected chi connectivity index (χ0v) is 9.49. The van der Waals surface area contributed by atoms with E-state index in [1.54, 1.807) is 6.92 Å². The van der Waals surface area contributed by atoms with Gasteiger partial charge in [0.2, 0.25) is 0 Å². The van der Waals surface area contributed by atoms with Crippen LogP contribution in [0.4, 0.5) is 0 Å². The van der Waals surface area contributed by atoms with E-state index in [2.05, 4.69) is 11.2 Å². The van der Waals surface area contributed by atoms with Gasteiger partial charge in [0.05, 0.1) is 0 Å². The van der Waals surface area contributed by atoms with Crippen LogP contribution >= 0.6 is 11.6 Å². The molecule has 0 aliphatic rings. The molecule has 0 heterocycles. The number of rotatable bonds is 3. The lowest BCUT2D eigenvalue weighted by molar-refractivity contribution is 0.604. The summed E-state index contributed by atoms with van der Waals surface area (Å²) >= 11 is 4.58. The molecule has 14 heavy (non-hydrogen) atoms. The van der Waals surface area contributed by atoms with Crippen molar-refractivity contribution < 1.29 is 4.55 Å². The van der Waals surface area contributed by atoms with E-state index in [1.165, 1.54) is 0 Å². The topological polar surface area (TPSA) is 23.1 Å². The summed E-state index contributed by atoms with van der Waals surface area (Å²) in [5.41, 5.74) is 2.10. The number of hydrogen-bond acceptors (Lipinski definition) is 1. The highest BCUT2D eigenvalue weighted by atomic mass is 35.5. The lowest BCUT2D eigenvalue weighted by atomic mass is 10.2. The quantitative estimate of drug-likeness (QED) is 0.442. The second-order valence-corrected chi connectivity index (χ2v) is 4.24. The summed E-state index contributed by atoms with van der Waals surface area (Å²) in [5.74, 6) is 3.64. The summed E-state index contributed by atoms with van der Waals surface area (Å²) in [6.45, 7) is 1.69. The molecule has 0 aliphatic heterocycles. The van der Waals surface area contributed by atoms with E-state index < -0.39 is 11.2 Å². The Morgan fingerprint density at radius 3 is 2.36 bits per heavy atom. The summed E-state index contributed by atoms with van der Waals surface area (Å²) in [7, 11) is 0. The average Bonchev–Trinajstić information content (AvgIpc) is 2.19. The van der Waals surface area contributed by atoms with E-state index >= 15 is 0 Å². The summed E-state index contributed by atoms with van der Waals surface area (Å²) in [6, 6.07) is 7.76. The van der Waals surface area contributed by atoms with Gasteiger partial charge in [0.1, 0.15) is 11.0 Å². The molecule has 1 nitrogen and oxygen atoms in total. The van der Waals surface area contributed by atoms with E-state index in [0.717, 1.165) is 11.1 Å². The number of alkyl halides is 1. The van der Waals surface area contributed by atoms with E-state index in [4.69, 9.17) is 11.6 Å². The Morgan fingerprint density at radius 1 is 1.29 bits per heavy atom. The van der Waals surface area contributed by atoms with Crippen molar-refractivity contribution in [2.45, 2.75) is 18.6 Å². The fourth-order valence-corrected chi connectivity index (χ4v) is 2.00. The highest BCUT2D eigenvalue weighted by Gasteiger charge is 2.03. The van der Waals surface area contributed by atoms with Gasteiger partial charge in [0, 0.05) is 29.5 Å². The first-order chi connectivity index (χ1) is 6.76. The average molecular weight is 227 g/mol. The van der Waals surface area contributed by atoms with Crippen molar-refractivity contribution in [1.82, 2.24) is 0 Å². The van der Waals surface area contributed by atoms with Crippen LogP contribution in [0, 0.1) is 11.2 Å². The van der Waals surface area contributed by atoms with Gasteiger partial charge in [-0.05, 0) is 11.5 Å². The highest BCUT2D eigenvalue weighted by Crippen LogP contribution is 2.09. The zero-order chi connectivity index (χ0) is 10.4. The van der Waals surface area contributed by atoms with Crippen molar-refractivity contribution in [1.29, 1.82) is 0 Å². The molecule has 3 heteroatoms. The molecule has 0 aromatic heterocycles. The molecule has 0 aliphatic carbocycles. The van der Waals surface area contributed by atoms with Crippen LogP contribution in [0.25, 0.3) is 0 Å². The molecule has 1 unspecified atom stereocenters.